The van der Waals surface area contributed by atoms with E-state index < -0.39 is 0 Å². The third kappa shape index (κ3) is 3.60. The number of anilines is 1. The Kier molecular flexibility index (Phi) is 5.49. The van der Waals surface area contributed by atoms with Crippen LogP contribution in [0.3, 0.4) is 0 Å². The van der Waals surface area contributed by atoms with Gasteiger partial charge in [0.2, 0.25) is 0 Å². The molecule has 1 heteroatoms. The van der Waals surface area contributed by atoms with E-state index >= 15 is 0 Å². The Hall–Kier alpha value is -3.84. The van der Waals surface area contributed by atoms with Gasteiger partial charge in [0.05, 0.1) is 0 Å². The Morgan fingerprint density at radius 2 is 1.49 bits per heavy atom. The van der Waals surface area contributed by atoms with Crippen molar-refractivity contribution in [2.75, 3.05) is 11.9 Å². The quantitative estimate of drug-likeness (QED) is 0.281. The summed E-state index contributed by atoms with van der Waals surface area (Å²) < 4.78 is 0. The minimum absolute atomic E-state index is 0.0622. The van der Waals surface area contributed by atoms with Crippen LogP contribution in [-0.2, 0) is 17.3 Å². The number of allylic oxidation sites excluding steroid dienone is 6. The Bertz CT molecular complexity index is 1600. The number of hydrogen-bond acceptors (Lipinski definition) is 1. The molecule has 1 unspecified atom stereocenters. The summed E-state index contributed by atoms with van der Waals surface area (Å²) in [5.41, 5.74) is 10.9. The topological polar surface area (TPSA) is 3.24 Å². The molecular formula is C36H35N. The molecule has 1 nitrogen and oxygen atoms in total. The number of nitrogens with zero attached hydrogens (tertiary/aromatic N) is 1. The summed E-state index contributed by atoms with van der Waals surface area (Å²) in [4.78, 5) is 2.37. The smallest absolute Gasteiger partial charge is 0.0454 e. The summed E-state index contributed by atoms with van der Waals surface area (Å²) in [5.74, 6) is 0. The summed E-state index contributed by atoms with van der Waals surface area (Å²) in [6.07, 6.45) is 7.98. The van der Waals surface area contributed by atoms with E-state index in [-0.39, 0.29) is 10.8 Å². The van der Waals surface area contributed by atoms with E-state index in [0.29, 0.717) is 0 Å². The standard InChI is InChI=1S/C36H35N/c1-25-28-17-11-12-19-31(28)36(4,24-26-14-7-6-8-15-26)30(25)20-13-21-33-35(2,3)34-29-18-10-9-16-27(29)22-23-32(34)37(33)5/h6-23H,24H2,1-5H3/b20-13+,33-21+. The van der Waals surface area contributed by atoms with E-state index in [1.165, 1.54) is 55.6 Å². The lowest BCUT2D eigenvalue weighted by Gasteiger charge is -2.29. The molecule has 37 heavy (non-hydrogen) atoms. The van der Waals surface area contributed by atoms with Crippen LogP contribution in [0.25, 0.3) is 16.3 Å². The minimum Gasteiger partial charge on any atom is -0.347 e. The highest BCUT2D eigenvalue weighted by molar-refractivity contribution is 5.94. The fourth-order valence-corrected chi connectivity index (χ4v) is 6.93. The van der Waals surface area contributed by atoms with E-state index in [0.717, 1.165) is 6.42 Å². The van der Waals surface area contributed by atoms with Crippen molar-refractivity contribution in [2.45, 2.75) is 44.9 Å². The van der Waals surface area contributed by atoms with Crippen LogP contribution < -0.4 is 4.90 Å². The third-order valence-corrected chi connectivity index (χ3v) is 8.74. The average Bonchev–Trinajstić information content (AvgIpc) is 3.24. The van der Waals surface area contributed by atoms with Gasteiger partial charge in [-0.15, -0.1) is 0 Å². The van der Waals surface area contributed by atoms with Crippen molar-refractivity contribution in [2.24, 2.45) is 0 Å². The van der Waals surface area contributed by atoms with E-state index in [1.54, 1.807) is 0 Å². The monoisotopic (exact) mass is 481 g/mol. The number of rotatable bonds is 4. The van der Waals surface area contributed by atoms with Crippen LogP contribution in [0, 0.1) is 0 Å². The second kappa shape index (κ2) is 8.63. The molecule has 0 saturated carbocycles. The molecule has 0 aromatic heterocycles. The zero-order valence-electron chi connectivity index (χ0n) is 22.5. The van der Waals surface area contributed by atoms with E-state index in [9.17, 15) is 0 Å². The van der Waals surface area contributed by atoms with Crippen LogP contribution in [0.4, 0.5) is 5.69 Å². The molecule has 1 aliphatic heterocycles. The van der Waals surface area contributed by atoms with Gasteiger partial charge < -0.3 is 4.90 Å². The lowest BCUT2D eigenvalue weighted by molar-refractivity contribution is 0.577. The van der Waals surface area contributed by atoms with Gasteiger partial charge in [0.15, 0.2) is 0 Å². The molecule has 4 aromatic carbocycles. The van der Waals surface area contributed by atoms with Gasteiger partial charge >= 0.3 is 0 Å². The molecule has 1 heterocycles. The maximum absolute atomic E-state index is 2.41. The van der Waals surface area contributed by atoms with E-state index in [1.807, 2.05) is 0 Å². The Morgan fingerprint density at radius 1 is 0.784 bits per heavy atom. The second-order valence-corrected chi connectivity index (χ2v) is 11.4. The molecule has 6 rings (SSSR count). The number of benzene rings is 4. The Morgan fingerprint density at radius 3 is 2.30 bits per heavy atom. The SMILES string of the molecule is CC1=C(/C=C/C=C2/N(C)c3ccc4ccccc4c3C2(C)C)C(C)(Cc2ccccc2)c2ccccc21. The molecule has 0 saturated heterocycles. The predicted molar refractivity (Wildman–Crippen MR) is 159 cm³/mol. The second-order valence-electron chi connectivity index (χ2n) is 11.4. The molecule has 0 amide bonds. The fourth-order valence-electron chi connectivity index (χ4n) is 6.93. The van der Waals surface area contributed by atoms with E-state index in [4.69, 9.17) is 0 Å². The summed E-state index contributed by atoms with van der Waals surface area (Å²) in [7, 11) is 2.21. The highest BCUT2D eigenvalue weighted by atomic mass is 15.2. The maximum atomic E-state index is 2.41. The molecule has 1 aliphatic carbocycles. The highest BCUT2D eigenvalue weighted by Gasteiger charge is 2.40. The molecule has 0 spiro atoms. The molecule has 0 N–H and O–H groups in total. The van der Waals surface area contributed by atoms with Crippen molar-refractivity contribution >= 4 is 22.0 Å². The van der Waals surface area contributed by atoms with Gasteiger partial charge in [-0.3, -0.25) is 0 Å². The molecule has 184 valence electrons. The average molecular weight is 482 g/mol. The van der Waals surface area contributed by atoms with Crippen molar-refractivity contribution in [1.82, 2.24) is 0 Å². The summed E-state index contributed by atoms with van der Waals surface area (Å²) in [6, 6.07) is 33.1. The van der Waals surface area contributed by atoms with Gasteiger partial charge in [0, 0.05) is 29.3 Å². The summed E-state index contributed by atoms with van der Waals surface area (Å²) in [5, 5.41) is 2.66. The van der Waals surface area contributed by atoms with Crippen LogP contribution in [0.2, 0.25) is 0 Å². The molecule has 0 radical (unpaired) electrons. The lowest BCUT2D eigenvalue weighted by atomic mass is 9.74. The van der Waals surface area contributed by atoms with Crippen molar-refractivity contribution in [1.29, 1.82) is 0 Å². The maximum Gasteiger partial charge on any atom is 0.0454 e. The van der Waals surface area contributed by atoms with Crippen LogP contribution in [0.5, 0.6) is 0 Å². The highest BCUT2D eigenvalue weighted by Crippen LogP contribution is 2.51. The molecule has 0 bridgehead atoms. The van der Waals surface area contributed by atoms with Crippen molar-refractivity contribution in [3.8, 4) is 0 Å². The van der Waals surface area contributed by atoms with Crippen LogP contribution in [0.1, 0.15) is 49.9 Å². The fraction of sp³-hybridized carbons (Fsp3) is 0.222. The zero-order valence-corrected chi connectivity index (χ0v) is 22.5. The van der Waals surface area contributed by atoms with Crippen molar-refractivity contribution in [3.05, 3.63) is 143 Å². The third-order valence-electron chi connectivity index (χ3n) is 8.74. The van der Waals surface area contributed by atoms with Crippen LogP contribution >= 0.6 is 0 Å². The zero-order chi connectivity index (χ0) is 25.8. The first kappa shape index (κ1) is 23.6. The van der Waals surface area contributed by atoms with Crippen LogP contribution in [-0.4, -0.2) is 7.05 Å². The Balaban J connectivity index is 1.41. The van der Waals surface area contributed by atoms with Gasteiger partial charge in [-0.05, 0) is 69.7 Å². The van der Waals surface area contributed by atoms with Gasteiger partial charge in [-0.1, -0.05) is 118 Å². The first-order valence-electron chi connectivity index (χ1n) is 13.3. The first-order valence-corrected chi connectivity index (χ1v) is 13.3. The molecule has 0 fully saturated rings. The van der Waals surface area contributed by atoms with Crippen LogP contribution in [0.15, 0.2) is 120 Å². The largest absolute Gasteiger partial charge is 0.347 e. The summed E-state index contributed by atoms with van der Waals surface area (Å²) >= 11 is 0. The lowest BCUT2D eigenvalue weighted by Crippen LogP contribution is -2.25. The first-order chi connectivity index (χ1) is 17.8. The van der Waals surface area contributed by atoms with Gasteiger partial charge in [0.25, 0.3) is 0 Å². The summed E-state index contributed by atoms with van der Waals surface area (Å²) in [6.45, 7) is 9.42. The molecular weight excluding hydrogens is 446 g/mol. The normalized spacial score (nSPS) is 21.3. The van der Waals surface area contributed by atoms with Gasteiger partial charge in [0.1, 0.15) is 0 Å². The predicted octanol–water partition coefficient (Wildman–Crippen LogP) is 9.00. The molecule has 4 aromatic rings. The minimum atomic E-state index is -0.0787. The van der Waals surface area contributed by atoms with Crippen molar-refractivity contribution < 1.29 is 0 Å². The molecule has 2 aliphatic rings. The van der Waals surface area contributed by atoms with Crippen molar-refractivity contribution in [3.63, 3.8) is 0 Å². The number of fused-ring (bicyclic) bond motifs is 4. The molecule has 1 atom stereocenters. The Labute approximate surface area is 221 Å². The van der Waals surface area contributed by atoms with Gasteiger partial charge in [-0.2, -0.15) is 0 Å². The van der Waals surface area contributed by atoms with Gasteiger partial charge in [-0.25, -0.2) is 0 Å². The van der Waals surface area contributed by atoms with E-state index in [2.05, 4.69) is 149 Å². The number of likely N-dealkylation sites (N-methyl/N-ethyl adjacent to an activating group) is 1. The number of hydrogen-bond donors (Lipinski definition) is 0.